The number of para-hydroxylation sites is 2. The van der Waals surface area contributed by atoms with Crippen LogP contribution in [0.4, 0.5) is 5.69 Å². The zero-order valence-corrected chi connectivity index (χ0v) is 11.1. The molecule has 0 saturated carbocycles. The molecule has 3 rings (SSSR count). The number of rotatable bonds is 3. The molecule has 1 aliphatic heterocycles. The fraction of sp³-hybridized carbons (Fsp3) is 0.286. The first-order valence-corrected chi connectivity index (χ1v) is 6.35. The molecule has 0 aliphatic carbocycles. The van der Waals surface area contributed by atoms with Crippen molar-refractivity contribution in [1.29, 1.82) is 0 Å². The Morgan fingerprint density at radius 3 is 3.00 bits per heavy atom. The molecular weight excluding hydrogens is 258 g/mol. The molecular formula is C14H15N3O3. The van der Waals surface area contributed by atoms with Crippen molar-refractivity contribution in [3.05, 3.63) is 41.8 Å². The van der Waals surface area contributed by atoms with E-state index in [1.165, 1.54) is 0 Å². The highest BCUT2D eigenvalue weighted by molar-refractivity contribution is 5.81. The maximum atomic E-state index is 11.4. The zero-order valence-electron chi connectivity index (χ0n) is 11.1. The minimum Gasteiger partial charge on any atom is -0.477 e. The molecule has 2 N–H and O–H groups in total. The first-order valence-electron chi connectivity index (χ1n) is 6.35. The molecule has 2 aromatic rings. The van der Waals surface area contributed by atoms with Gasteiger partial charge in [0.25, 0.3) is 5.91 Å². The highest BCUT2D eigenvalue weighted by atomic mass is 16.5. The van der Waals surface area contributed by atoms with Crippen molar-refractivity contribution in [2.45, 2.75) is 19.6 Å². The Bertz CT molecular complexity index is 638. The van der Waals surface area contributed by atoms with Crippen LogP contribution in [0.1, 0.15) is 11.5 Å². The second-order valence-corrected chi connectivity index (χ2v) is 4.79. The Morgan fingerprint density at radius 2 is 2.30 bits per heavy atom. The molecule has 1 amide bonds. The van der Waals surface area contributed by atoms with Gasteiger partial charge in [-0.2, -0.15) is 0 Å². The van der Waals surface area contributed by atoms with Crippen LogP contribution in [0.5, 0.6) is 5.75 Å². The van der Waals surface area contributed by atoms with E-state index in [-0.39, 0.29) is 0 Å². The van der Waals surface area contributed by atoms with E-state index in [0.29, 0.717) is 18.8 Å². The van der Waals surface area contributed by atoms with Crippen molar-refractivity contribution in [2.24, 2.45) is 5.73 Å². The number of hydrogen-bond acceptors (Lipinski definition) is 5. The van der Waals surface area contributed by atoms with E-state index < -0.39 is 12.0 Å². The van der Waals surface area contributed by atoms with Gasteiger partial charge in [0, 0.05) is 6.07 Å². The molecule has 1 aliphatic rings. The van der Waals surface area contributed by atoms with Gasteiger partial charge in [-0.25, -0.2) is 0 Å². The predicted octanol–water partition coefficient (Wildman–Crippen LogP) is 1.24. The van der Waals surface area contributed by atoms with E-state index in [9.17, 15) is 4.79 Å². The summed E-state index contributed by atoms with van der Waals surface area (Å²) >= 11 is 0. The minimum atomic E-state index is -0.658. The number of nitrogens with zero attached hydrogens (tertiary/aromatic N) is 2. The van der Waals surface area contributed by atoms with Gasteiger partial charge < -0.3 is 19.9 Å². The second kappa shape index (κ2) is 4.88. The van der Waals surface area contributed by atoms with Crippen LogP contribution in [0.3, 0.4) is 0 Å². The van der Waals surface area contributed by atoms with Crippen LogP contribution in [0.25, 0.3) is 0 Å². The first-order chi connectivity index (χ1) is 9.63. The fourth-order valence-electron chi connectivity index (χ4n) is 2.28. The van der Waals surface area contributed by atoms with Crippen LogP contribution in [-0.2, 0) is 11.3 Å². The van der Waals surface area contributed by atoms with Crippen molar-refractivity contribution in [3.63, 3.8) is 0 Å². The lowest BCUT2D eigenvalue weighted by Gasteiger charge is -2.34. The maximum Gasteiger partial charge on any atom is 0.260 e. The summed E-state index contributed by atoms with van der Waals surface area (Å²) in [7, 11) is 0. The van der Waals surface area contributed by atoms with Gasteiger partial charge in [0.1, 0.15) is 5.75 Å². The van der Waals surface area contributed by atoms with Crippen molar-refractivity contribution in [3.8, 4) is 5.75 Å². The average Bonchev–Trinajstić information content (AvgIpc) is 2.84. The number of aryl methyl sites for hydroxylation is 1. The molecule has 20 heavy (non-hydrogen) atoms. The number of ether oxygens (including phenoxy) is 1. The highest BCUT2D eigenvalue weighted by Gasteiger charge is 2.29. The molecule has 104 valence electrons. The van der Waals surface area contributed by atoms with Gasteiger partial charge in [-0.1, -0.05) is 17.3 Å². The topological polar surface area (TPSA) is 81.6 Å². The van der Waals surface area contributed by atoms with Crippen molar-refractivity contribution in [1.82, 2.24) is 5.16 Å². The van der Waals surface area contributed by atoms with E-state index in [1.807, 2.05) is 42.2 Å². The number of primary amides is 1. The second-order valence-electron chi connectivity index (χ2n) is 4.79. The summed E-state index contributed by atoms with van der Waals surface area (Å²) in [5, 5.41) is 3.87. The number of hydrogen-bond donors (Lipinski definition) is 1. The van der Waals surface area contributed by atoms with Gasteiger partial charge in [0.05, 0.1) is 24.5 Å². The molecule has 2 heterocycles. The van der Waals surface area contributed by atoms with Gasteiger partial charge in [0.15, 0.2) is 11.9 Å². The standard InChI is InChI=1S/C14H15N3O3/c1-9-6-10(20-16-9)7-17-8-13(14(15)18)19-12-5-3-2-4-11(12)17/h2-6,13H,7-8H2,1H3,(H2,15,18)/t13-/m0/s1. The summed E-state index contributed by atoms with van der Waals surface area (Å²) in [5.41, 5.74) is 7.10. The van der Waals surface area contributed by atoms with Gasteiger partial charge >= 0.3 is 0 Å². The van der Waals surface area contributed by atoms with Gasteiger partial charge in [-0.3, -0.25) is 4.79 Å². The lowest BCUT2D eigenvalue weighted by molar-refractivity contribution is -0.124. The van der Waals surface area contributed by atoms with Crippen LogP contribution < -0.4 is 15.4 Å². The Balaban J connectivity index is 1.90. The zero-order chi connectivity index (χ0) is 14.1. The number of aromatic nitrogens is 1. The molecule has 0 bridgehead atoms. The van der Waals surface area contributed by atoms with Gasteiger partial charge in [0.2, 0.25) is 0 Å². The van der Waals surface area contributed by atoms with Gasteiger partial charge in [-0.15, -0.1) is 0 Å². The number of anilines is 1. The molecule has 1 atom stereocenters. The number of carbonyl (C=O) groups excluding carboxylic acids is 1. The number of benzene rings is 1. The molecule has 0 unspecified atom stereocenters. The number of amides is 1. The number of nitrogens with two attached hydrogens (primary N) is 1. The van der Waals surface area contributed by atoms with Gasteiger partial charge in [-0.05, 0) is 19.1 Å². The number of fused-ring (bicyclic) bond motifs is 1. The minimum absolute atomic E-state index is 0.395. The van der Waals surface area contributed by atoms with Crippen LogP contribution in [0, 0.1) is 6.92 Å². The summed E-state index contributed by atoms with van der Waals surface area (Å²) in [6.07, 6.45) is -0.658. The summed E-state index contributed by atoms with van der Waals surface area (Å²) in [6.45, 7) is 2.78. The van der Waals surface area contributed by atoms with E-state index in [4.69, 9.17) is 15.0 Å². The Hall–Kier alpha value is -2.50. The SMILES string of the molecule is Cc1cc(CN2C[C@@H](C(N)=O)Oc3ccccc32)on1. The molecule has 6 heteroatoms. The van der Waals surface area contributed by atoms with E-state index in [0.717, 1.165) is 17.1 Å². The van der Waals surface area contributed by atoms with Crippen molar-refractivity contribution in [2.75, 3.05) is 11.4 Å². The van der Waals surface area contributed by atoms with E-state index in [1.54, 1.807) is 0 Å². The van der Waals surface area contributed by atoms with Crippen LogP contribution >= 0.6 is 0 Å². The molecule has 0 fully saturated rings. The fourth-order valence-corrected chi connectivity index (χ4v) is 2.28. The van der Waals surface area contributed by atoms with Crippen LogP contribution in [0.2, 0.25) is 0 Å². The lowest BCUT2D eigenvalue weighted by Crippen LogP contribution is -2.46. The normalized spacial score (nSPS) is 17.4. The third kappa shape index (κ3) is 2.32. The smallest absolute Gasteiger partial charge is 0.260 e. The third-order valence-electron chi connectivity index (χ3n) is 3.20. The highest BCUT2D eigenvalue weighted by Crippen LogP contribution is 2.33. The predicted molar refractivity (Wildman–Crippen MR) is 72.3 cm³/mol. The lowest BCUT2D eigenvalue weighted by atomic mass is 10.1. The molecule has 0 radical (unpaired) electrons. The molecule has 1 aromatic carbocycles. The first kappa shape index (κ1) is 12.5. The quantitative estimate of drug-likeness (QED) is 0.909. The van der Waals surface area contributed by atoms with E-state index >= 15 is 0 Å². The monoisotopic (exact) mass is 273 g/mol. The average molecular weight is 273 g/mol. The molecule has 0 saturated heterocycles. The van der Waals surface area contributed by atoms with Crippen LogP contribution in [-0.4, -0.2) is 23.7 Å². The largest absolute Gasteiger partial charge is 0.477 e. The maximum absolute atomic E-state index is 11.4. The van der Waals surface area contributed by atoms with E-state index in [2.05, 4.69) is 5.16 Å². The Morgan fingerprint density at radius 1 is 1.50 bits per heavy atom. The summed E-state index contributed by atoms with van der Waals surface area (Å²) in [6, 6.07) is 9.42. The summed E-state index contributed by atoms with van der Waals surface area (Å²) in [5.74, 6) is 0.916. The van der Waals surface area contributed by atoms with Crippen molar-refractivity contribution >= 4 is 11.6 Å². The summed E-state index contributed by atoms with van der Waals surface area (Å²) in [4.78, 5) is 13.4. The van der Waals surface area contributed by atoms with Crippen LogP contribution in [0.15, 0.2) is 34.9 Å². The number of carbonyl (C=O) groups is 1. The Kier molecular flexibility index (Phi) is 3.06. The van der Waals surface area contributed by atoms with Crippen molar-refractivity contribution < 1.29 is 14.1 Å². The summed E-state index contributed by atoms with van der Waals surface area (Å²) < 4.78 is 10.8. The molecule has 1 aromatic heterocycles. The Labute approximate surface area is 116 Å². The molecule has 0 spiro atoms. The molecule has 6 nitrogen and oxygen atoms in total. The third-order valence-corrected chi connectivity index (χ3v) is 3.20.